The smallest absolute Gasteiger partial charge is 0.397 e. The topological polar surface area (TPSA) is 418 Å². The van der Waals surface area contributed by atoms with Crippen molar-refractivity contribution in [2.45, 2.75) is 24.7 Å². The van der Waals surface area contributed by atoms with Crippen LogP contribution in [0.15, 0.2) is 107 Å². The van der Waals surface area contributed by atoms with E-state index in [0.717, 1.165) is 36.4 Å². The van der Waals surface area contributed by atoms with Gasteiger partial charge in [0.1, 0.15) is 21.2 Å². The van der Waals surface area contributed by atoms with E-state index in [4.69, 9.17) is 15.7 Å². The van der Waals surface area contributed by atoms with Gasteiger partial charge in [-0.2, -0.15) is 46.1 Å². The molecule has 0 saturated carbocycles. The van der Waals surface area contributed by atoms with Gasteiger partial charge in [-0.3, -0.25) is 18.5 Å². The summed E-state index contributed by atoms with van der Waals surface area (Å²) in [7, 11) is -19.0. The number of fused-ring (bicyclic) bond motifs is 1. The van der Waals surface area contributed by atoms with Crippen molar-refractivity contribution in [2.75, 3.05) is 28.7 Å². The fraction of sp³-hybridized carbons (Fsp3) is 0.100. The Hall–Kier alpha value is -5.53. The van der Waals surface area contributed by atoms with Crippen molar-refractivity contribution in [1.29, 1.82) is 0 Å². The lowest BCUT2D eigenvalue weighted by atomic mass is 10.1. The van der Waals surface area contributed by atoms with Crippen LogP contribution < -0.4 is 16.5 Å². The lowest BCUT2D eigenvalue weighted by molar-refractivity contribution is -0.432. The first-order valence-electron chi connectivity index (χ1n) is 16.3. The average molecular weight is 994 g/mol. The number of nitrogens with zero attached hydrogens (tertiary/aromatic N) is 6. The van der Waals surface area contributed by atoms with Crippen LogP contribution in [-0.4, -0.2) is 103 Å². The zero-order valence-corrected chi connectivity index (χ0v) is 35.7. The fourth-order valence-electron chi connectivity index (χ4n) is 4.93. The van der Waals surface area contributed by atoms with E-state index in [1.807, 2.05) is 0 Å². The molecule has 0 aliphatic rings. The molecular formula is C30H27N9O18S6. The molecule has 1 heterocycles. The molecule has 5 aromatic rings. The maximum atomic E-state index is 12.6. The first kappa shape index (κ1) is 48.5. The van der Waals surface area contributed by atoms with Gasteiger partial charge in [0.2, 0.25) is 18.3 Å². The summed E-state index contributed by atoms with van der Waals surface area (Å²) in [4.78, 5) is 30.5. The molecule has 5 rings (SSSR count). The summed E-state index contributed by atoms with van der Waals surface area (Å²) in [5.74, 6) is 2.37. The number of hydrogen-bond donors (Lipinski definition) is 8. The molecular weight excluding hydrogens is 967 g/mol. The quantitative estimate of drug-likeness (QED) is 0.00747. The molecule has 9 N–H and O–H groups in total. The first-order valence-corrected chi connectivity index (χ1v) is 23.9. The molecule has 63 heavy (non-hydrogen) atoms. The Morgan fingerprint density at radius 1 is 0.778 bits per heavy atom. The zero-order valence-electron chi connectivity index (χ0n) is 30.8. The highest BCUT2D eigenvalue weighted by molar-refractivity contribution is 7.99. The summed E-state index contributed by atoms with van der Waals surface area (Å²) >= 11 is 1.01. The predicted octanol–water partition coefficient (Wildman–Crippen LogP) is 4.17. The van der Waals surface area contributed by atoms with Gasteiger partial charge in [0, 0.05) is 21.7 Å². The molecule has 1 aromatic heterocycles. The second-order valence-electron chi connectivity index (χ2n) is 11.7. The zero-order chi connectivity index (χ0) is 46.2. The van der Waals surface area contributed by atoms with Gasteiger partial charge in [-0.1, -0.05) is 16.8 Å². The van der Waals surface area contributed by atoms with Gasteiger partial charge < -0.3 is 20.6 Å². The van der Waals surface area contributed by atoms with Crippen molar-refractivity contribution in [3.63, 3.8) is 0 Å². The highest BCUT2D eigenvalue weighted by Gasteiger charge is 2.23. The normalized spacial score (nSPS) is 12.6. The number of sulfone groups is 1. The van der Waals surface area contributed by atoms with Crippen LogP contribution in [0.5, 0.6) is 0 Å². The Balaban J connectivity index is 1.48. The molecule has 0 radical (unpaired) electrons. The van der Waals surface area contributed by atoms with Crippen LogP contribution in [0.1, 0.15) is 0 Å². The van der Waals surface area contributed by atoms with Crippen LogP contribution in [0.25, 0.3) is 10.8 Å². The van der Waals surface area contributed by atoms with E-state index in [0.29, 0.717) is 12.0 Å². The molecule has 0 saturated heterocycles. The monoisotopic (exact) mass is 993 g/mol. The van der Waals surface area contributed by atoms with Gasteiger partial charge in [-0.15, -0.1) is 14.6 Å². The number of carboxylic acids is 1. The first-order chi connectivity index (χ1) is 29.5. The molecule has 336 valence electrons. The number of carboxylic acid groups (broad SMARTS) is 1. The molecule has 0 aliphatic heterocycles. The summed E-state index contributed by atoms with van der Waals surface area (Å²) < 4.78 is 133. The summed E-state index contributed by atoms with van der Waals surface area (Å²) in [6.45, 7) is -0.839. The number of aliphatic imine (C=N–C) groups is 1. The van der Waals surface area contributed by atoms with Crippen molar-refractivity contribution >= 4 is 128 Å². The molecule has 0 amide bonds. The van der Waals surface area contributed by atoms with Crippen LogP contribution in [0.2, 0.25) is 0 Å². The molecule has 0 spiro atoms. The van der Waals surface area contributed by atoms with Gasteiger partial charge in [0.05, 0.1) is 40.7 Å². The van der Waals surface area contributed by atoms with Gasteiger partial charge in [-0.25, -0.2) is 22.9 Å². The van der Waals surface area contributed by atoms with Gasteiger partial charge in [0.25, 0.3) is 20.2 Å². The van der Waals surface area contributed by atoms with Crippen molar-refractivity contribution in [3.8, 4) is 0 Å². The Morgan fingerprint density at radius 2 is 1.41 bits per heavy atom. The predicted molar refractivity (Wildman–Crippen MR) is 219 cm³/mol. The molecule has 0 fully saturated rings. The van der Waals surface area contributed by atoms with Crippen molar-refractivity contribution in [1.82, 2.24) is 15.0 Å². The van der Waals surface area contributed by atoms with Gasteiger partial charge >= 0.3 is 16.4 Å². The number of azo groups is 1. The molecule has 33 heteroatoms. The van der Waals surface area contributed by atoms with E-state index < -0.39 is 80.0 Å². The highest BCUT2D eigenvalue weighted by Crippen LogP contribution is 2.39. The minimum atomic E-state index is -5.08. The lowest BCUT2D eigenvalue weighted by Gasteiger charge is -2.11. The van der Waals surface area contributed by atoms with Crippen LogP contribution in [0, 0.1) is 0 Å². The van der Waals surface area contributed by atoms with Crippen molar-refractivity contribution < 1.29 is 80.9 Å². The van der Waals surface area contributed by atoms with E-state index in [9.17, 15) is 52.7 Å². The molecule has 4 aromatic carbocycles. The summed E-state index contributed by atoms with van der Waals surface area (Å²) in [5, 5.41) is 34.3. The van der Waals surface area contributed by atoms with Crippen LogP contribution in [0.4, 0.5) is 40.3 Å². The number of aliphatic carboxylic acids is 1. The number of thioether (sulfide) groups is 1. The number of nitrogens with one attached hydrogen (secondary N) is 2. The third kappa shape index (κ3) is 14.0. The number of nitrogens with two attached hydrogens (primary N) is 1. The molecule has 27 nitrogen and oxygen atoms in total. The molecule has 0 aliphatic carbocycles. The third-order valence-corrected chi connectivity index (χ3v) is 12.8. The summed E-state index contributed by atoms with van der Waals surface area (Å²) in [5.41, 5.74) is -0.349. The minimum absolute atomic E-state index is 0.0674. The number of anilines is 4. The van der Waals surface area contributed by atoms with Crippen molar-refractivity contribution in [2.24, 2.45) is 21.1 Å². The SMILES string of the molecule is NOC=Nc1cc(Nc2nc(Nc3ccc(S(=O)(=O)CCOS(=O)(=O)O)cc3)nc(SCC(=O)O)n2)ccc1N=Nc1cc2c(S(=O)(=O)O)cc(SOOO)cc2cc1S(=O)(=O)O. The Morgan fingerprint density at radius 3 is 2.02 bits per heavy atom. The fourth-order valence-corrected chi connectivity index (χ4v) is 8.87. The van der Waals surface area contributed by atoms with E-state index in [2.05, 4.69) is 59.2 Å². The second-order valence-corrected chi connectivity index (χ2v) is 19.4. The number of aromatic nitrogens is 3. The van der Waals surface area contributed by atoms with Crippen LogP contribution in [-0.2, 0) is 63.7 Å². The Labute approximate surface area is 363 Å². The Bertz CT molecular complexity index is 3050. The van der Waals surface area contributed by atoms with Crippen LogP contribution >= 0.6 is 23.8 Å². The van der Waals surface area contributed by atoms with E-state index in [-0.39, 0.29) is 60.4 Å². The van der Waals surface area contributed by atoms with Gasteiger partial charge in [-0.05, 0) is 72.1 Å². The molecule has 0 bridgehead atoms. The van der Waals surface area contributed by atoms with E-state index in [1.165, 1.54) is 48.5 Å². The number of benzene rings is 4. The lowest BCUT2D eigenvalue weighted by Crippen LogP contribution is -2.15. The highest BCUT2D eigenvalue weighted by atomic mass is 32.3. The summed E-state index contributed by atoms with van der Waals surface area (Å²) in [6.07, 6.45) is 0.784. The summed E-state index contributed by atoms with van der Waals surface area (Å²) in [6, 6.07) is 12.8. The molecule has 0 atom stereocenters. The minimum Gasteiger partial charge on any atom is -0.481 e. The number of hydrogen-bond acceptors (Lipinski definition) is 25. The van der Waals surface area contributed by atoms with E-state index >= 15 is 0 Å². The standard InChI is InChI=1S/C30H27N9O18S6/c31-54-15-32-23-11-18(3-6-22(23)38-39-24-13-21-16(10-26(24)62(48,49)50)9-19(59-57-56-42)12-25(21)61(45,46)47)34-29-35-28(36-30(37-29)58-14-27(40)41)33-17-1-4-20(5-2-17)60(43,44)8-7-55-63(51,52)53/h1-6,9-13,15,42H,7-8,14,31H2,(H,40,41)(H,45,46,47)(H,48,49,50)(H,51,52,53)(H2,33,34,35,36,37). The average Bonchev–Trinajstić information content (AvgIpc) is 3.19. The van der Waals surface area contributed by atoms with Crippen LogP contribution in [0.3, 0.4) is 0 Å². The Kier molecular flexibility index (Phi) is 15.6. The van der Waals surface area contributed by atoms with E-state index in [1.54, 1.807) is 0 Å². The third-order valence-electron chi connectivity index (χ3n) is 7.43. The molecule has 0 unspecified atom stereocenters. The number of rotatable bonds is 21. The maximum Gasteiger partial charge on any atom is 0.397 e. The number of carbonyl (C=O) groups is 1. The second kappa shape index (κ2) is 20.3. The van der Waals surface area contributed by atoms with Crippen molar-refractivity contribution in [3.05, 3.63) is 66.7 Å². The maximum absolute atomic E-state index is 12.6. The van der Waals surface area contributed by atoms with Gasteiger partial charge in [0.15, 0.2) is 15.0 Å². The largest absolute Gasteiger partial charge is 0.481 e.